The topological polar surface area (TPSA) is 84.7 Å². The summed E-state index contributed by atoms with van der Waals surface area (Å²) >= 11 is 0. The number of piperidine rings is 1. The van der Waals surface area contributed by atoms with Crippen molar-refractivity contribution >= 4 is 12.0 Å². The van der Waals surface area contributed by atoms with Gasteiger partial charge < -0.3 is 20.7 Å². The minimum atomic E-state index is -0.692. The number of primary amides is 1. The maximum Gasteiger partial charge on any atom is 0.410 e. The lowest BCUT2D eigenvalue weighted by Crippen LogP contribution is -2.53. The molecule has 0 bridgehead atoms. The molecule has 0 saturated carbocycles. The van der Waals surface area contributed by atoms with Crippen molar-refractivity contribution in [3.8, 4) is 0 Å². The summed E-state index contributed by atoms with van der Waals surface area (Å²) in [5.41, 5.74) is 4.19. The smallest absolute Gasteiger partial charge is 0.410 e. The Kier molecular flexibility index (Phi) is 5.61. The average Bonchev–Trinajstić information content (AvgIpc) is 2.35. The standard InChI is InChI=1S/C15H29N3O3/c1-14(2,3)21-13(20)18-8-6-11(7-9-18)10-17-15(4,5)12(16)19/h11,17H,6-10H2,1-5H3,(H2,16,19). The fourth-order valence-corrected chi connectivity index (χ4v) is 2.13. The zero-order valence-electron chi connectivity index (χ0n) is 13.9. The Hall–Kier alpha value is -1.30. The second-order valence-electron chi connectivity index (χ2n) is 7.28. The van der Waals surface area contributed by atoms with Gasteiger partial charge in [0.1, 0.15) is 5.60 Å². The van der Waals surface area contributed by atoms with Crippen LogP contribution < -0.4 is 11.1 Å². The van der Waals surface area contributed by atoms with Crippen LogP contribution in [0.5, 0.6) is 0 Å². The first-order chi connectivity index (χ1) is 9.51. The summed E-state index contributed by atoms with van der Waals surface area (Å²) in [7, 11) is 0. The van der Waals surface area contributed by atoms with E-state index in [-0.39, 0.29) is 12.0 Å². The van der Waals surface area contributed by atoms with Crippen LogP contribution in [0.25, 0.3) is 0 Å². The van der Waals surface area contributed by atoms with E-state index in [9.17, 15) is 9.59 Å². The highest BCUT2D eigenvalue weighted by molar-refractivity contribution is 5.83. The zero-order chi connectivity index (χ0) is 16.3. The summed E-state index contributed by atoms with van der Waals surface area (Å²) in [6.07, 6.45) is 1.56. The van der Waals surface area contributed by atoms with E-state index < -0.39 is 11.1 Å². The van der Waals surface area contributed by atoms with E-state index in [1.165, 1.54) is 0 Å². The number of carbonyl (C=O) groups is 2. The minimum Gasteiger partial charge on any atom is -0.444 e. The normalized spacial score (nSPS) is 17.7. The van der Waals surface area contributed by atoms with Crippen molar-refractivity contribution in [1.82, 2.24) is 10.2 Å². The van der Waals surface area contributed by atoms with Crippen LogP contribution in [0.1, 0.15) is 47.5 Å². The highest BCUT2D eigenvalue weighted by atomic mass is 16.6. The first-order valence-corrected chi connectivity index (χ1v) is 7.54. The maximum absolute atomic E-state index is 12.0. The first kappa shape index (κ1) is 17.8. The van der Waals surface area contributed by atoms with Crippen LogP contribution >= 0.6 is 0 Å². The van der Waals surface area contributed by atoms with Gasteiger partial charge in [-0.3, -0.25) is 4.79 Å². The molecule has 0 aromatic heterocycles. The predicted octanol–water partition coefficient (Wildman–Crippen LogP) is 1.49. The van der Waals surface area contributed by atoms with Crippen molar-refractivity contribution in [2.45, 2.75) is 58.6 Å². The lowest BCUT2D eigenvalue weighted by atomic mass is 9.95. The van der Waals surface area contributed by atoms with Crippen molar-refractivity contribution in [3.63, 3.8) is 0 Å². The van der Waals surface area contributed by atoms with Gasteiger partial charge in [0.05, 0.1) is 5.54 Å². The largest absolute Gasteiger partial charge is 0.444 e. The molecule has 1 aliphatic rings. The fourth-order valence-electron chi connectivity index (χ4n) is 2.13. The Labute approximate surface area is 127 Å². The molecule has 0 aliphatic carbocycles. The molecule has 6 heteroatoms. The Balaban J connectivity index is 2.36. The van der Waals surface area contributed by atoms with Gasteiger partial charge in [-0.25, -0.2) is 4.79 Å². The second kappa shape index (κ2) is 6.64. The maximum atomic E-state index is 12.0. The lowest BCUT2D eigenvalue weighted by molar-refractivity contribution is -0.123. The summed E-state index contributed by atoms with van der Waals surface area (Å²) in [5.74, 6) is 0.0935. The Morgan fingerprint density at radius 1 is 1.19 bits per heavy atom. The molecular weight excluding hydrogens is 270 g/mol. The highest BCUT2D eigenvalue weighted by Crippen LogP contribution is 2.19. The molecule has 122 valence electrons. The zero-order valence-corrected chi connectivity index (χ0v) is 13.9. The van der Waals surface area contributed by atoms with Crippen LogP contribution in [0, 0.1) is 5.92 Å². The second-order valence-corrected chi connectivity index (χ2v) is 7.28. The van der Waals surface area contributed by atoms with Gasteiger partial charge >= 0.3 is 6.09 Å². The number of hydrogen-bond acceptors (Lipinski definition) is 4. The third-order valence-corrected chi connectivity index (χ3v) is 3.71. The molecule has 0 aromatic carbocycles. The molecule has 3 N–H and O–H groups in total. The van der Waals surface area contributed by atoms with E-state index in [1.54, 1.807) is 18.7 Å². The molecule has 1 aliphatic heterocycles. The van der Waals surface area contributed by atoms with E-state index in [0.717, 1.165) is 19.4 Å². The van der Waals surface area contributed by atoms with Gasteiger partial charge in [-0.05, 0) is 59.9 Å². The molecule has 0 radical (unpaired) electrons. The van der Waals surface area contributed by atoms with Crippen LogP contribution in [0.3, 0.4) is 0 Å². The van der Waals surface area contributed by atoms with Crippen LogP contribution in [-0.2, 0) is 9.53 Å². The number of likely N-dealkylation sites (tertiary alicyclic amines) is 1. The van der Waals surface area contributed by atoms with Gasteiger partial charge in [-0.1, -0.05) is 0 Å². The average molecular weight is 299 g/mol. The van der Waals surface area contributed by atoms with Gasteiger partial charge in [0, 0.05) is 13.1 Å². The Morgan fingerprint density at radius 2 is 1.71 bits per heavy atom. The monoisotopic (exact) mass is 299 g/mol. The Bertz CT molecular complexity index is 380. The van der Waals surface area contributed by atoms with E-state index >= 15 is 0 Å². The quantitative estimate of drug-likeness (QED) is 0.823. The third-order valence-electron chi connectivity index (χ3n) is 3.71. The van der Waals surface area contributed by atoms with Gasteiger partial charge in [0.15, 0.2) is 0 Å². The number of amides is 2. The number of carbonyl (C=O) groups excluding carboxylic acids is 2. The number of nitrogens with two attached hydrogens (primary N) is 1. The summed E-state index contributed by atoms with van der Waals surface area (Å²) in [6.45, 7) is 11.3. The molecule has 1 rings (SSSR count). The number of hydrogen-bond donors (Lipinski definition) is 2. The van der Waals surface area contributed by atoms with Gasteiger partial charge in [0.25, 0.3) is 0 Å². The first-order valence-electron chi connectivity index (χ1n) is 7.54. The summed E-state index contributed by atoms with van der Waals surface area (Å²) in [6, 6.07) is 0. The van der Waals surface area contributed by atoms with Crippen LogP contribution in [-0.4, -0.2) is 47.7 Å². The lowest BCUT2D eigenvalue weighted by Gasteiger charge is -2.34. The molecule has 2 amide bonds. The molecule has 0 atom stereocenters. The van der Waals surface area contributed by atoms with Crippen molar-refractivity contribution in [3.05, 3.63) is 0 Å². The molecule has 1 fully saturated rings. The molecule has 0 unspecified atom stereocenters. The summed E-state index contributed by atoms with van der Waals surface area (Å²) < 4.78 is 5.37. The van der Waals surface area contributed by atoms with Crippen molar-refractivity contribution in [2.75, 3.05) is 19.6 Å². The third kappa shape index (κ3) is 5.91. The molecule has 0 spiro atoms. The SMILES string of the molecule is CC(C)(C)OC(=O)N1CCC(CNC(C)(C)C(N)=O)CC1. The molecule has 1 saturated heterocycles. The predicted molar refractivity (Wildman–Crippen MR) is 81.8 cm³/mol. The molecule has 6 nitrogen and oxygen atoms in total. The summed E-state index contributed by atoms with van der Waals surface area (Å²) in [4.78, 5) is 25.0. The van der Waals surface area contributed by atoms with Crippen molar-refractivity contribution in [2.24, 2.45) is 11.7 Å². The number of nitrogens with one attached hydrogen (secondary N) is 1. The minimum absolute atomic E-state index is 0.244. The Morgan fingerprint density at radius 3 is 2.14 bits per heavy atom. The van der Waals surface area contributed by atoms with Crippen LogP contribution in [0.15, 0.2) is 0 Å². The number of nitrogens with zero attached hydrogens (tertiary/aromatic N) is 1. The van der Waals surface area contributed by atoms with Crippen molar-refractivity contribution < 1.29 is 14.3 Å². The number of ether oxygens (including phenoxy) is 1. The van der Waals surface area contributed by atoms with E-state index in [2.05, 4.69) is 5.32 Å². The molecule has 1 heterocycles. The van der Waals surface area contributed by atoms with Gasteiger partial charge in [0.2, 0.25) is 5.91 Å². The van der Waals surface area contributed by atoms with E-state index in [1.807, 2.05) is 20.8 Å². The van der Waals surface area contributed by atoms with E-state index in [4.69, 9.17) is 10.5 Å². The van der Waals surface area contributed by atoms with Crippen LogP contribution in [0.4, 0.5) is 4.79 Å². The fraction of sp³-hybridized carbons (Fsp3) is 0.867. The van der Waals surface area contributed by atoms with Crippen LogP contribution in [0.2, 0.25) is 0 Å². The summed E-state index contributed by atoms with van der Waals surface area (Å²) in [5, 5.41) is 3.20. The number of rotatable bonds is 4. The molecule has 21 heavy (non-hydrogen) atoms. The van der Waals surface area contributed by atoms with E-state index in [0.29, 0.717) is 19.0 Å². The van der Waals surface area contributed by atoms with Gasteiger partial charge in [-0.2, -0.15) is 0 Å². The van der Waals surface area contributed by atoms with Gasteiger partial charge in [-0.15, -0.1) is 0 Å². The molecule has 0 aromatic rings. The molecular formula is C15H29N3O3. The highest BCUT2D eigenvalue weighted by Gasteiger charge is 2.29. The van der Waals surface area contributed by atoms with Crippen molar-refractivity contribution in [1.29, 1.82) is 0 Å².